The van der Waals surface area contributed by atoms with Crippen LogP contribution in [0.1, 0.15) is 35.3 Å². The van der Waals surface area contributed by atoms with E-state index in [0.717, 1.165) is 16.8 Å². The number of amides is 2. The molecule has 2 amide bonds. The van der Waals surface area contributed by atoms with Crippen LogP contribution in [0.4, 0.5) is 10.8 Å². The molecule has 0 aliphatic rings. The lowest BCUT2D eigenvalue weighted by Gasteiger charge is -2.08. The Bertz CT molecular complexity index is 1010. The minimum absolute atomic E-state index is 0.0566. The molecule has 0 aliphatic carbocycles. The fourth-order valence-corrected chi connectivity index (χ4v) is 3.42. The number of carbonyl (C=O) groups excluding carboxylic acids is 2. The number of aromatic nitrogens is 1. The summed E-state index contributed by atoms with van der Waals surface area (Å²) < 4.78 is 0. The maximum atomic E-state index is 12.5. The second kappa shape index (κ2) is 8.35. The summed E-state index contributed by atoms with van der Waals surface area (Å²) in [5.41, 5.74) is 5.45. The fraction of sp³-hybridized carbons (Fsp3) is 0.227. The number of hydrogen-bond acceptors (Lipinski definition) is 4. The number of nitrogens with one attached hydrogen (secondary N) is 2. The lowest BCUT2D eigenvalue weighted by molar-refractivity contribution is -0.118. The lowest BCUT2D eigenvalue weighted by Crippen LogP contribution is -2.18. The van der Waals surface area contributed by atoms with Gasteiger partial charge in [0.2, 0.25) is 5.91 Å². The van der Waals surface area contributed by atoms with Crippen LogP contribution in [-0.4, -0.2) is 16.8 Å². The minimum Gasteiger partial charge on any atom is -0.326 e. The third-order valence-corrected chi connectivity index (χ3v) is 5.08. The highest BCUT2D eigenvalue weighted by atomic mass is 32.1. The van der Waals surface area contributed by atoms with Crippen LogP contribution < -0.4 is 10.6 Å². The molecule has 1 aromatic heterocycles. The molecule has 0 atom stereocenters. The molecule has 5 nitrogen and oxygen atoms in total. The van der Waals surface area contributed by atoms with Crippen LogP contribution in [-0.2, 0) is 4.79 Å². The number of nitrogens with zero attached hydrogens (tertiary/aromatic N) is 1. The van der Waals surface area contributed by atoms with Crippen LogP contribution in [0.2, 0.25) is 0 Å². The first-order valence-corrected chi connectivity index (χ1v) is 9.97. The van der Waals surface area contributed by atoms with Crippen LogP contribution in [0.5, 0.6) is 0 Å². The average molecular weight is 394 g/mol. The van der Waals surface area contributed by atoms with Gasteiger partial charge in [0, 0.05) is 28.1 Å². The Balaban J connectivity index is 1.68. The number of benzene rings is 2. The van der Waals surface area contributed by atoms with E-state index >= 15 is 0 Å². The second-order valence-electron chi connectivity index (χ2n) is 7.03. The van der Waals surface area contributed by atoms with Crippen LogP contribution in [0.15, 0.2) is 47.8 Å². The molecule has 0 aliphatic heterocycles. The van der Waals surface area contributed by atoms with Gasteiger partial charge in [-0.15, -0.1) is 11.3 Å². The van der Waals surface area contributed by atoms with Crippen molar-refractivity contribution in [3.8, 4) is 11.3 Å². The summed E-state index contributed by atoms with van der Waals surface area (Å²) in [6.07, 6.45) is 0. The molecule has 6 heteroatoms. The molecule has 2 aromatic carbocycles. The zero-order chi connectivity index (χ0) is 20.3. The van der Waals surface area contributed by atoms with E-state index in [9.17, 15) is 9.59 Å². The van der Waals surface area contributed by atoms with Crippen molar-refractivity contribution in [2.24, 2.45) is 5.92 Å². The molecule has 144 valence electrons. The van der Waals surface area contributed by atoms with Gasteiger partial charge in [-0.05, 0) is 43.7 Å². The van der Waals surface area contributed by atoms with Crippen molar-refractivity contribution in [2.75, 3.05) is 10.6 Å². The molecule has 3 rings (SSSR count). The third kappa shape index (κ3) is 4.64. The van der Waals surface area contributed by atoms with E-state index in [2.05, 4.69) is 47.7 Å². The highest BCUT2D eigenvalue weighted by molar-refractivity contribution is 7.14. The summed E-state index contributed by atoms with van der Waals surface area (Å²) in [6, 6.07) is 13.0. The number of hydrogen-bond donors (Lipinski definition) is 2. The van der Waals surface area contributed by atoms with Crippen LogP contribution in [0.3, 0.4) is 0 Å². The number of anilines is 2. The molecule has 0 fully saturated rings. The van der Waals surface area contributed by atoms with E-state index < -0.39 is 0 Å². The first-order valence-electron chi connectivity index (χ1n) is 9.09. The van der Waals surface area contributed by atoms with Crippen molar-refractivity contribution in [2.45, 2.75) is 27.7 Å². The van der Waals surface area contributed by atoms with Crippen molar-refractivity contribution in [1.82, 2.24) is 4.98 Å². The van der Waals surface area contributed by atoms with E-state index in [1.54, 1.807) is 24.3 Å². The maximum Gasteiger partial charge on any atom is 0.257 e. The van der Waals surface area contributed by atoms with Crippen molar-refractivity contribution in [3.63, 3.8) is 0 Å². The molecule has 0 saturated carbocycles. The van der Waals surface area contributed by atoms with E-state index in [0.29, 0.717) is 16.4 Å². The van der Waals surface area contributed by atoms with Crippen LogP contribution in [0, 0.1) is 19.8 Å². The Hall–Kier alpha value is -2.99. The molecular formula is C22H23N3O2S. The van der Waals surface area contributed by atoms with Crippen molar-refractivity contribution in [3.05, 3.63) is 64.5 Å². The summed E-state index contributed by atoms with van der Waals surface area (Å²) >= 11 is 1.39. The van der Waals surface area contributed by atoms with Gasteiger partial charge in [0.05, 0.1) is 5.69 Å². The van der Waals surface area contributed by atoms with Gasteiger partial charge in [0.25, 0.3) is 5.91 Å². The molecule has 0 unspecified atom stereocenters. The van der Waals surface area contributed by atoms with Crippen LogP contribution >= 0.6 is 11.3 Å². The normalized spacial score (nSPS) is 10.8. The van der Waals surface area contributed by atoms with Gasteiger partial charge in [-0.1, -0.05) is 37.6 Å². The summed E-state index contributed by atoms with van der Waals surface area (Å²) in [5.74, 6) is -0.388. The SMILES string of the molecule is Cc1ccc(-c2csc(NC(=O)c3ccc(NC(=O)C(C)C)cc3)n2)c(C)c1. The number of rotatable bonds is 5. The van der Waals surface area contributed by atoms with Gasteiger partial charge in [0.15, 0.2) is 5.13 Å². The number of thiazole rings is 1. The minimum atomic E-state index is -0.233. The Kier molecular flexibility index (Phi) is 5.90. The molecule has 0 saturated heterocycles. The van der Waals surface area contributed by atoms with Gasteiger partial charge in [-0.25, -0.2) is 4.98 Å². The third-order valence-electron chi connectivity index (χ3n) is 4.32. The Labute approximate surface area is 168 Å². The monoisotopic (exact) mass is 393 g/mol. The first kappa shape index (κ1) is 19.8. The topological polar surface area (TPSA) is 71.1 Å². The van der Waals surface area contributed by atoms with Crippen LogP contribution in [0.25, 0.3) is 11.3 Å². The van der Waals surface area contributed by atoms with Crippen molar-refractivity contribution in [1.29, 1.82) is 0 Å². The molecule has 0 spiro atoms. The van der Waals surface area contributed by atoms with E-state index in [-0.39, 0.29) is 17.7 Å². The Morgan fingerprint density at radius 1 is 1.00 bits per heavy atom. The maximum absolute atomic E-state index is 12.5. The quantitative estimate of drug-likeness (QED) is 0.620. The van der Waals surface area contributed by atoms with E-state index in [1.165, 1.54) is 16.9 Å². The van der Waals surface area contributed by atoms with Crippen molar-refractivity contribution >= 4 is 34.0 Å². The summed E-state index contributed by atoms with van der Waals surface area (Å²) in [7, 11) is 0. The first-order chi connectivity index (χ1) is 13.3. The standard InChI is InChI=1S/C22H23N3O2S/c1-13(2)20(26)23-17-8-6-16(7-9-17)21(27)25-22-24-19(12-28-22)18-10-5-14(3)11-15(18)4/h5-13H,1-4H3,(H,23,26)(H,24,25,27). The number of aryl methyl sites for hydroxylation is 2. The Morgan fingerprint density at radius 2 is 1.71 bits per heavy atom. The summed E-state index contributed by atoms with van der Waals surface area (Å²) in [5, 5.41) is 8.14. The number of carbonyl (C=O) groups is 2. The van der Waals surface area contributed by atoms with Gasteiger partial charge < -0.3 is 5.32 Å². The zero-order valence-corrected chi connectivity index (χ0v) is 17.2. The predicted octanol–water partition coefficient (Wildman–Crippen LogP) is 5.27. The largest absolute Gasteiger partial charge is 0.326 e. The second-order valence-corrected chi connectivity index (χ2v) is 7.89. The highest BCUT2D eigenvalue weighted by Crippen LogP contribution is 2.28. The molecule has 0 bridgehead atoms. The average Bonchev–Trinajstić information content (AvgIpc) is 3.10. The molecule has 2 N–H and O–H groups in total. The summed E-state index contributed by atoms with van der Waals surface area (Å²) in [4.78, 5) is 28.8. The molecule has 3 aromatic rings. The molecular weight excluding hydrogens is 370 g/mol. The van der Waals surface area contributed by atoms with E-state index in [4.69, 9.17) is 0 Å². The zero-order valence-electron chi connectivity index (χ0n) is 16.4. The highest BCUT2D eigenvalue weighted by Gasteiger charge is 2.12. The lowest BCUT2D eigenvalue weighted by atomic mass is 10.0. The van der Waals surface area contributed by atoms with Gasteiger partial charge in [-0.2, -0.15) is 0 Å². The van der Waals surface area contributed by atoms with Gasteiger partial charge in [-0.3, -0.25) is 14.9 Å². The predicted molar refractivity (Wildman–Crippen MR) is 115 cm³/mol. The molecule has 0 radical (unpaired) electrons. The molecule has 1 heterocycles. The Morgan fingerprint density at radius 3 is 2.36 bits per heavy atom. The van der Waals surface area contributed by atoms with Crippen molar-refractivity contribution < 1.29 is 9.59 Å². The van der Waals surface area contributed by atoms with Gasteiger partial charge >= 0.3 is 0 Å². The van der Waals surface area contributed by atoms with E-state index in [1.807, 2.05) is 19.2 Å². The van der Waals surface area contributed by atoms with Gasteiger partial charge in [0.1, 0.15) is 0 Å². The molecule has 28 heavy (non-hydrogen) atoms. The fourth-order valence-electron chi connectivity index (χ4n) is 2.72. The summed E-state index contributed by atoms with van der Waals surface area (Å²) in [6.45, 7) is 7.78. The smallest absolute Gasteiger partial charge is 0.257 e.